The van der Waals surface area contributed by atoms with E-state index in [1.54, 1.807) is 0 Å². The summed E-state index contributed by atoms with van der Waals surface area (Å²) in [5, 5.41) is 0. The third kappa shape index (κ3) is 1.59. The molecule has 0 unspecified atom stereocenters. The molecule has 82 valence electrons. The summed E-state index contributed by atoms with van der Waals surface area (Å²) in [6.45, 7) is 7.41. The molecule has 0 radical (unpaired) electrons. The third-order valence-corrected chi connectivity index (χ3v) is 4.24. The molecule has 0 bridgehead atoms. The van der Waals surface area contributed by atoms with Crippen molar-refractivity contribution in [2.24, 2.45) is 5.73 Å². The minimum atomic E-state index is 0.309. The normalized spacial score (nSPS) is 18.7. The number of rotatable bonds is 2. The predicted molar refractivity (Wildman–Crippen MR) is 65.2 cm³/mol. The number of hydrogen-bond acceptors (Lipinski definition) is 1. The predicted octanol–water partition coefficient (Wildman–Crippen LogP) is 2.99. The number of benzene rings is 1. The quantitative estimate of drug-likeness (QED) is 0.785. The number of aryl methyl sites for hydroxylation is 2. The molecule has 0 aliphatic heterocycles. The first kappa shape index (κ1) is 10.7. The van der Waals surface area contributed by atoms with Crippen LogP contribution in [0, 0.1) is 20.8 Å². The molecule has 2 N–H and O–H groups in total. The van der Waals surface area contributed by atoms with E-state index < -0.39 is 0 Å². The lowest BCUT2D eigenvalue weighted by Gasteiger charge is -2.42. The van der Waals surface area contributed by atoms with Gasteiger partial charge in [-0.2, -0.15) is 0 Å². The number of nitrogens with two attached hydrogens (primary N) is 1. The van der Waals surface area contributed by atoms with Gasteiger partial charge in [-0.25, -0.2) is 0 Å². The van der Waals surface area contributed by atoms with Gasteiger partial charge in [0.2, 0.25) is 0 Å². The lowest BCUT2D eigenvalue weighted by atomic mass is 9.64. The molecule has 0 aromatic heterocycles. The van der Waals surface area contributed by atoms with Crippen molar-refractivity contribution in [1.29, 1.82) is 0 Å². The summed E-state index contributed by atoms with van der Waals surface area (Å²) < 4.78 is 0. The molecule has 15 heavy (non-hydrogen) atoms. The minimum absolute atomic E-state index is 0.309. The van der Waals surface area contributed by atoms with Gasteiger partial charge in [-0.3, -0.25) is 0 Å². The lowest BCUT2D eigenvalue weighted by molar-refractivity contribution is 0.253. The van der Waals surface area contributed by atoms with Crippen molar-refractivity contribution in [3.63, 3.8) is 0 Å². The Balaban J connectivity index is 2.45. The summed E-state index contributed by atoms with van der Waals surface area (Å²) in [5.74, 6) is 0. The highest BCUT2D eigenvalue weighted by Gasteiger charge is 2.37. The Morgan fingerprint density at radius 2 is 1.67 bits per heavy atom. The fraction of sp³-hybridized carbons (Fsp3) is 0.571. The first-order chi connectivity index (χ1) is 7.09. The molecule has 1 aliphatic carbocycles. The summed E-state index contributed by atoms with van der Waals surface area (Å²) in [4.78, 5) is 0. The van der Waals surface area contributed by atoms with Gasteiger partial charge in [0.05, 0.1) is 0 Å². The zero-order valence-electron chi connectivity index (χ0n) is 10.1. The highest BCUT2D eigenvalue weighted by molar-refractivity contribution is 5.41. The van der Waals surface area contributed by atoms with Crippen molar-refractivity contribution in [3.05, 3.63) is 34.4 Å². The maximum atomic E-state index is 5.94. The Morgan fingerprint density at radius 3 is 2.00 bits per heavy atom. The molecular formula is C14H21N. The summed E-state index contributed by atoms with van der Waals surface area (Å²) in [5.41, 5.74) is 12.0. The van der Waals surface area contributed by atoms with Crippen molar-refractivity contribution >= 4 is 0 Å². The van der Waals surface area contributed by atoms with E-state index in [0.29, 0.717) is 5.41 Å². The maximum Gasteiger partial charge on any atom is 0.00757 e. The van der Waals surface area contributed by atoms with Crippen LogP contribution in [0.1, 0.15) is 41.5 Å². The first-order valence-electron chi connectivity index (χ1n) is 5.87. The maximum absolute atomic E-state index is 5.94. The molecule has 1 saturated carbocycles. The van der Waals surface area contributed by atoms with E-state index in [4.69, 9.17) is 5.73 Å². The molecule has 0 saturated heterocycles. The summed E-state index contributed by atoms with van der Waals surface area (Å²) in [6, 6.07) is 4.68. The minimum Gasteiger partial charge on any atom is -0.330 e. The van der Waals surface area contributed by atoms with Crippen molar-refractivity contribution in [3.8, 4) is 0 Å². The van der Waals surface area contributed by atoms with Gasteiger partial charge >= 0.3 is 0 Å². The van der Waals surface area contributed by atoms with E-state index in [1.807, 2.05) is 0 Å². The van der Waals surface area contributed by atoms with E-state index in [2.05, 4.69) is 32.9 Å². The van der Waals surface area contributed by atoms with Gasteiger partial charge in [0.25, 0.3) is 0 Å². The summed E-state index contributed by atoms with van der Waals surface area (Å²) in [6.07, 6.45) is 3.88. The van der Waals surface area contributed by atoms with Gasteiger partial charge in [-0.15, -0.1) is 0 Å². The fourth-order valence-corrected chi connectivity index (χ4v) is 2.56. The largest absolute Gasteiger partial charge is 0.330 e. The van der Waals surface area contributed by atoms with Gasteiger partial charge in [0, 0.05) is 12.0 Å². The zero-order valence-corrected chi connectivity index (χ0v) is 10.1. The van der Waals surface area contributed by atoms with Crippen LogP contribution in [0.4, 0.5) is 0 Å². The van der Waals surface area contributed by atoms with E-state index in [-0.39, 0.29) is 0 Å². The zero-order chi connectivity index (χ0) is 11.1. The van der Waals surface area contributed by atoms with E-state index in [9.17, 15) is 0 Å². The molecule has 2 rings (SSSR count). The van der Waals surface area contributed by atoms with Crippen LogP contribution >= 0.6 is 0 Å². The second-order valence-corrected chi connectivity index (χ2v) is 5.07. The topological polar surface area (TPSA) is 26.0 Å². The summed E-state index contributed by atoms with van der Waals surface area (Å²) in [7, 11) is 0. The Morgan fingerprint density at radius 1 is 1.13 bits per heavy atom. The lowest BCUT2D eigenvalue weighted by Crippen LogP contribution is -2.41. The van der Waals surface area contributed by atoms with Gasteiger partial charge in [0.1, 0.15) is 0 Å². The Hall–Kier alpha value is -0.820. The van der Waals surface area contributed by atoms with Crippen LogP contribution in [0.2, 0.25) is 0 Å². The monoisotopic (exact) mass is 203 g/mol. The van der Waals surface area contributed by atoms with Crippen molar-refractivity contribution in [2.45, 2.75) is 45.4 Å². The smallest absolute Gasteiger partial charge is 0.00757 e. The highest BCUT2D eigenvalue weighted by atomic mass is 14.6. The Kier molecular flexibility index (Phi) is 2.59. The second kappa shape index (κ2) is 3.64. The van der Waals surface area contributed by atoms with Crippen molar-refractivity contribution in [2.75, 3.05) is 6.54 Å². The fourth-order valence-electron chi connectivity index (χ4n) is 2.56. The van der Waals surface area contributed by atoms with Gasteiger partial charge in [-0.05, 0) is 55.9 Å². The van der Waals surface area contributed by atoms with Crippen LogP contribution in [0.5, 0.6) is 0 Å². The van der Waals surface area contributed by atoms with Gasteiger partial charge < -0.3 is 5.73 Å². The highest BCUT2D eigenvalue weighted by Crippen LogP contribution is 2.43. The average Bonchev–Trinajstić information content (AvgIpc) is 2.13. The SMILES string of the molecule is Cc1cc(C2(CN)CCC2)cc(C)c1C. The van der Waals surface area contributed by atoms with Crippen molar-refractivity contribution in [1.82, 2.24) is 0 Å². The van der Waals surface area contributed by atoms with Crippen LogP contribution in [-0.2, 0) is 5.41 Å². The average molecular weight is 203 g/mol. The molecule has 1 fully saturated rings. The molecule has 0 spiro atoms. The Labute approximate surface area is 92.7 Å². The number of hydrogen-bond donors (Lipinski definition) is 1. The molecule has 0 heterocycles. The van der Waals surface area contributed by atoms with Gasteiger partial charge in [-0.1, -0.05) is 18.6 Å². The van der Waals surface area contributed by atoms with Gasteiger partial charge in [0.15, 0.2) is 0 Å². The van der Waals surface area contributed by atoms with Crippen LogP contribution in [-0.4, -0.2) is 6.54 Å². The van der Waals surface area contributed by atoms with Crippen molar-refractivity contribution < 1.29 is 0 Å². The second-order valence-electron chi connectivity index (χ2n) is 5.07. The molecular weight excluding hydrogens is 182 g/mol. The summed E-state index contributed by atoms with van der Waals surface area (Å²) >= 11 is 0. The molecule has 1 nitrogen and oxygen atoms in total. The van der Waals surface area contributed by atoms with E-state index >= 15 is 0 Å². The molecule has 0 amide bonds. The molecule has 1 aromatic rings. The molecule has 1 aliphatic rings. The molecule has 1 aromatic carbocycles. The van der Waals surface area contributed by atoms with E-state index in [1.165, 1.54) is 41.5 Å². The van der Waals surface area contributed by atoms with E-state index in [0.717, 1.165) is 6.54 Å². The first-order valence-corrected chi connectivity index (χ1v) is 5.87. The molecule has 1 heteroatoms. The van der Waals surface area contributed by atoms with Crippen LogP contribution in [0.3, 0.4) is 0 Å². The Bertz CT molecular complexity index is 346. The molecule has 0 atom stereocenters. The van der Waals surface area contributed by atoms with Crippen LogP contribution in [0.15, 0.2) is 12.1 Å². The van der Waals surface area contributed by atoms with Crippen LogP contribution < -0.4 is 5.73 Å². The third-order valence-electron chi connectivity index (χ3n) is 4.24. The van der Waals surface area contributed by atoms with Crippen LogP contribution in [0.25, 0.3) is 0 Å². The standard InChI is InChI=1S/C14H21N/c1-10-7-13(8-11(2)12(10)3)14(9-15)5-4-6-14/h7-8H,4-6,9,15H2,1-3H3.